The molecule has 0 radical (unpaired) electrons. The molecule has 0 amide bonds. The summed E-state index contributed by atoms with van der Waals surface area (Å²) >= 11 is 0. The molecule has 0 aliphatic heterocycles. The van der Waals surface area contributed by atoms with Gasteiger partial charge in [0.25, 0.3) is 0 Å². The zero-order valence-electron chi connectivity index (χ0n) is 25.7. The van der Waals surface area contributed by atoms with Crippen molar-refractivity contribution in [3.63, 3.8) is 0 Å². The normalized spacial score (nSPS) is 19.8. The highest BCUT2D eigenvalue weighted by atomic mass is 15.2. The summed E-state index contributed by atoms with van der Waals surface area (Å²) < 4.78 is 0. The fraction of sp³-hybridized carbons (Fsp3) is 0.0909. The van der Waals surface area contributed by atoms with Gasteiger partial charge in [0.1, 0.15) is 0 Å². The molecule has 0 saturated carbocycles. The number of rotatable bonds is 7. The average molecular weight is 593 g/mol. The number of benzene rings is 5. The van der Waals surface area contributed by atoms with Crippen molar-refractivity contribution in [1.29, 1.82) is 0 Å². The zero-order valence-corrected chi connectivity index (χ0v) is 25.7. The highest BCUT2D eigenvalue weighted by Crippen LogP contribution is 2.41. The molecule has 5 aromatic rings. The van der Waals surface area contributed by atoms with E-state index in [1.807, 2.05) is 0 Å². The van der Waals surface area contributed by atoms with E-state index in [0.29, 0.717) is 11.8 Å². The second-order valence-corrected chi connectivity index (χ2v) is 12.1. The Morgan fingerprint density at radius 2 is 1.22 bits per heavy atom. The van der Waals surface area contributed by atoms with E-state index in [1.54, 1.807) is 0 Å². The van der Waals surface area contributed by atoms with E-state index >= 15 is 0 Å². The fourth-order valence-electron chi connectivity index (χ4n) is 7.08. The van der Waals surface area contributed by atoms with E-state index in [4.69, 9.17) is 0 Å². The van der Waals surface area contributed by atoms with Crippen molar-refractivity contribution >= 4 is 39.1 Å². The van der Waals surface area contributed by atoms with Crippen LogP contribution in [0.3, 0.4) is 0 Å². The summed E-state index contributed by atoms with van der Waals surface area (Å²) in [5.41, 5.74) is 8.57. The monoisotopic (exact) mass is 592 g/mol. The summed E-state index contributed by atoms with van der Waals surface area (Å²) in [7, 11) is 0. The number of nitrogens with zero attached hydrogens (tertiary/aromatic N) is 2. The molecule has 3 atom stereocenters. The molecule has 0 fully saturated rings. The fourth-order valence-corrected chi connectivity index (χ4v) is 7.08. The van der Waals surface area contributed by atoms with E-state index in [0.717, 1.165) is 6.42 Å². The van der Waals surface area contributed by atoms with E-state index in [-0.39, 0.29) is 6.04 Å². The van der Waals surface area contributed by atoms with Crippen molar-refractivity contribution in [3.05, 3.63) is 199 Å². The first kappa shape index (κ1) is 27.9. The van der Waals surface area contributed by atoms with Crippen LogP contribution < -0.4 is 9.80 Å². The summed E-state index contributed by atoms with van der Waals surface area (Å²) in [4.78, 5) is 4.90. The largest absolute Gasteiger partial charge is 0.334 e. The predicted molar refractivity (Wildman–Crippen MR) is 196 cm³/mol. The minimum Gasteiger partial charge on any atom is -0.334 e. The third-order valence-electron chi connectivity index (χ3n) is 9.32. The van der Waals surface area contributed by atoms with Gasteiger partial charge in [-0.1, -0.05) is 140 Å². The standard InChI is InChI=1S/C44H36N2/c1-3-17-37(18-4-1)45(43-23-11-15-35-13-7-9-21-41(35)43)39-29-25-33(26-30-39)34-27-31-40(32-28-34)46(38-19-5-2-6-20-38)44-24-12-16-36-14-8-10-22-42(36)44/h1-31,35,40-41H,32H2. The molecule has 3 unspecified atom stereocenters. The third-order valence-corrected chi connectivity index (χ3v) is 9.32. The molecule has 3 aliphatic rings. The quantitative estimate of drug-likeness (QED) is 0.185. The van der Waals surface area contributed by atoms with Crippen molar-refractivity contribution in [3.8, 4) is 0 Å². The molecule has 0 bridgehead atoms. The molecule has 0 saturated heterocycles. The highest BCUT2D eigenvalue weighted by molar-refractivity contribution is 5.96. The summed E-state index contributed by atoms with van der Waals surface area (Å²) in [5.74, 6) is 0.690. The lowest BCUT2D eigenvalue weighted by atomic mass is 9.82. The van der Waals surface area contributed by atoms with Gasteiger partial charge in [0, 0.05) is 45.7 Å². The van der Waals surface area contributed by atoms with Crippen molar-refractivity contribution in [2.24, 2.45) is 11.8 Å². The van der Waals surface area contributed by atoms with Crippen molar-refractivity contribution < 1.29 is 0 Å². The number of fused-ring (bicyclic) bond motifs is 2. The van der Waals surface area contributed by atoms with E-state index < -0.39 is 0 Å². The molecule has 2 heteroatoms. The van der Waals surface area contributed by atoms with Gasteiger partial charge in [-0.2, -0.15) is 0 Å². The second kappa shape index (κ2) is 12.4. The smallest absolute Gasteiger partial charge is 0.0560 e. The Hall–Kier alpha value is -5.60. The Morgan fingerprint density at radius 1 is 0.543 bits per heavy atom. The summed E-state index contributed by atoms with van der Waals surface area (Å²) in [6.45, 7) is 0. The van der Waals surface area contributed by atoms with Crippen molar-refractivity contribution in [1.82, 2.24) is 0 Å². The maximum absolute atomic E-state index is 2.49. The molecule has 2 nitrogen and oxygen atoms in total. The zero-order chi connectivity index (χ0) is 30.7. The van der Waals surface area contributed by atoms with Crippen LogP contribution in [-0.2, 0) is 0 Å². The Balaban J connectivity index is 1.09. The number of para-hydroxylation sites is 2. The topological polar surface area (TPSA) is 6.48 Å². The van der Waals surface area contributed by atoms with Gasteiger partial charge in [-0.3, -0.25) is 0 Å². The molecule has 0 heterocycles. The third kappa shape index (κ3) is 5.33. The molecule has 0 aromatic heterocycles. The number of hydrogen-bond donors (Lipinski definition) is 0. The minimum absolute atomic E-state index is 0.210. The van der Waals surface area contributed by atoms with Crippen LogP contribution in [0.2, 0.25) is 0 Å². The Bertz CT molecular complexity index is 2020. The lowest BCUT2D eigenvalue weighted by Gasteiger charge is -2.36. The molecule has 0 N–H and O–H groups in total. The van der Waals surface area contributed by atoms with Crippen molar-refractivity contribution in [2.75, 3.05) is 9.80 Å². The van der Waals surface area contributed by atoms with Crippen LogP contribution in [0.25, 0.3) is 16.3 Å². The maximum Gasteiger partial charge on any atom is 0.0560 e. The molecule has 8 rings (SSSR count). The first-order valence-electron chi connectivity index (χ1n) is 16.2. The molecule has 46 heavy (non-hydrogen) atoms. The van der Waals surface area contributed by atoms with Crippen LogP contribution in [0.4, 0.5) is 22.7 Å². The average Bonchev–Trinajstić information content (AvgIpc) is 3.14. The summed E-state index contributed by atoms with van der Waals surface area (Å²) in [6.07, 6.45) is 23.7. The lowest BCUT2D eigenvalue weighted by molar-refractivity contribution is 0.612. The summed E-state index contributed by atoms with van der Waals surface area (Å²) in [6, 6.07) is 46.1. The van der Waals surface area contributed by atoms with Crippen molar-refractivity contribution in [2.45, 2.75) is 12.5 Å². The van der Waals surface area contributed by atoms with Crippen LogP contribution in [0.5, 0.6) is 0 Å². The minimum atomic E-state index is 0.210. The van der Waals surface area contributed by atoms with Gasteiger partial charge < -0.3 is 9.80 Å². The van der Waals surface area contributed by atoms with Gasteiger partial charge >= 0.3 is 0 Å². The highest BCUT2D eigenvalue weighted by Gasteiger charge is 2.28. The first-order valence-corrected chi connectivity index (χ1v) is 16.2. The van der Waals surface area contributed by atoms with Gasteiger partial charge in [-0.05, 0) is 71.5 Å². The van der Waals surface area contributed by atoms with Gasteiger partial charge in [-0.25, -0.2) is 0 Å². The predicted octanol–water partition coefficient (Wildman–Crippen LogP) is 11.3. The number of allylic oxidation sites excluding steroid dienone is 9. The van der Waals surface area contributed by atoms with Crippen LogP contribution in [0.15, 0.2) is 194 Å². The Morgan fingerprint density at radius 3 is 2.00 bits per heavy atom. The molecule has 3 aliphatic carbocycles. The van der Waals surface area contributed by atoms with Crippen LogP contribution in [0, 0.1) is 11.8 Å². The van der Waals surface area contributed by atoms with Gasteiger partial charge in [0.15, 0.2) is 0 Å². The van der Waals surface area contributed by atoms with Gasteiger partial charge in [0.2, 0.25) is 0 Å². The molecule has 0 spiro atoms. The number of hydrogen-bond acceptors (Lipinski definition) is 2. The molecule has 222 valence electrons. The SMILES string of the molecule is C1=CC2C=CC=C(N(c3ccccc3)c3ccc(C4=CCC(N(c5ccccc5)c5cccc6ccccc56)C=C4)cc3)C2C=C1. The van der Waals surface area contributed by atoms with Gasteiger partial charge in [0.05, 0.1) is 6.04 Å². The summed E-state index contributed by atoms with van der Waals surface area (Å²) in [5, 5.41) is 2.53. The molecule has 5 aromatic carbocycles. The van der Waals surface area contributed by atoms with Crippen LogP contribution in [-0.4, -0.2) is 6.04 Å². The van der Waals surface area contributed by atoms with E-state index in [9.17, 15) is 0 Å². The first-order chi connectivity index (χ1) is 22.8. The van der Waals surface area contributed by atoms with Crippen LogP contribution in [0.1, 0.15) is 12.0 Å². The Kier molecular flexibility index (Phi) is 7.54. The van der Waals surface area contributed by atoms with Crippen LogP contribution >= 0.6 is 0 Å². The Labute approximate surface area is 271 Å². The second-order valence-electron chi connectivity index (χ2n) is 12.1. The van der Waals surface area contributed by atoms with E-state index in [2.05, 4.69) is 198 Å². The number of anilines is 4. The molecular formula is C44H36N2. The van der Waals surface area contributed by atoms with Gasteiger partial charge in [-0.15, -0.1) is 0 Å². The lowest BCUT2D eigenvalue weighted by Crippen LogP contribution is -2.30. The maximum atomic E-state index is 2.49. The van der Waals surface area contributed by atoms with E-state index in [1.165, 1.54) is 50.4 Å². The molecular weight excluding hydrogens is 556 g/mol.